The van der Waals surface area contributed by atoms with Crippen molar-refractivity contribution in [1.82, 2.24) is 4.31 Å². The Kier molecular flexibility index (Phi) is 4.47. The van der Waals surface area contributed by atoms with Gasteiger partial charge in [0.1, 0.15) is 0 Å². The van der Waals surface area contributed by atoms with Gasteiger partial charge in [-0.2, -0.15) is 8.70 Å². The third-order valence-electron chi connectivity index (χ3n) is 3.01. The molecule has 0 bridgehead atoms. The highest BCUT2D eigenvalue weighted by Crippen LogP contribution is 2.26. The van der Waals surface area contributed by atoms with Gasteiger partial charge >= 0.3 is 5.69 Å². The molecule has 0 spiro atoms. The van der Waals surface area contributed by atoms with Crippen LogP contribution in [0.5, 0.6) is 0 Å². The number of benzene rings is 1. The maximum atomic E-state index is 13.5. The van der Waals surface area contributed by atoms with E-state index in [1.54, 1.807) is 0 Å². The minimum Gasteiger partial charge on any atom is -0.394 e. The maximum absolute atomic E-state index is 13.5. The molecule has 0 saturated carbocycles. The molecule has 0 saturated heterocycles. The number of halogens is 1. The number of hydrogen-bond acceptors (Lipinski definition) is 5. The van der Waals surface area contributed by atoms with Crippen LogP contribution in [0.3, 0.4) is 0 Å². The van der Waals surface area contributed by atoms with Crippen LogP contribution in [0.15, 0.2) is 23.1 Å². The summed E-state index contributed by atoms with van der Waals surface area (Å²) in [5, 5.41) is 19.7. The van der Waals surface area contributed by atoms with E-state index in [0.29, 0.717) is 6.07 Å². The number of hydrogen-bond donors (Lipinski definition) is 1. The fourth-order valence-corrected chi connectivity index (χ4v) is 2.90. The molecule has 9 heteroatoms. The quantitative estimate of drug-likeness (QED) is 0.649. The van der Waals surface area contributed by atoms with Crippen LogP contribution >= 0.6 is 0 Å². The second-order valence-electron chi connectivity index (χ2n) is 4.81. The monoisotopic (exact) mass is 306 g/mol. The van der Waals surface area contributed by atoms with Crippen molar-refractivity contribution in [2.75, 3.05) is 13.7 Å². The van der Waals surface area contributed by atoms with Gasteiger partial charge in [-0.15, -0.1) is 0 Å². The highest BCUT2D eigenvalue weighted by molar-refractivity contribution is 7.89. The lowest BCUT2D eigenvalue weighted by molar-refractivity contribution is -0.387. The van der Waals surface area contributed by atoms with Gasteiger partial charge in [0.2, 0.25) is 15.8 Å². The van der Waals surface area contributed by atoms with E-state index in [1.807, 2.05) is 0 Å². The Hall–Kier alpha value is -1.58. The van der Waals surface area contributed by atoms with Gasteiger partial charge in [-0.3, -0.25) is 10.1 Å². The van der Waals surface area contributed by atoms with Crippen molar-refractivity contribution in [2.45, 2.75) is 24.3 Å². The molecule has 0 amide bonds. The first-order valence-corrected chi connectivity index (χ1v) is 7.02. The molecule has 7 nitrogen and oxygen atoms in total. The summed E-state index contributed by atoms with van der Waals surface area (Å²) >= 11 is 0. The fraction of sp³-hybridized carbons (Fsp3) is 0.455. The van der Waals surface area contributed by atoms with Crippen molar-refractivity contribution in [2.24, 2.45) is 0 Å². The zero-order chi connectivity index (χ0) is 15.7. The van der Waals surface area contributed by atoms with Crippen molar-refractivity contribution in [3.05, 3.63) is 34.1 Å². The van der Waals surface area contributed by atoms with E-state index < -0.39 is 43.5 Å². The molecule has 0 aromatic heterocycles. The molecule has 112 valence electrons. The summed E-state index contributed by atoms with van der Waals surface area (Å²) in [5.41, 5.74) is -1.88. The molecule has 1 rings (SSSR count). The molecule has 0 heterocycles. The van der Waals surface area contributed by atoms with E-state index in [4.69, 9.17) is 0 Å². The van der Waals surface area contributed by atoms with Crippen molar-refractivity contribution >= 4 is 15.7 Å². The van der Waals surface area contributed by atoms with Crippen LogP contribution in [0.25, 0.3) is 0 Å². The smallest absolute Gasteiger partial charge is 0.304 e. The molecule has 0 fully saturated rings. The van der Waals surface area contributed by atoms with E-state index >= 15 is 0 Å². The summed E-state index contributed by atoms with van der Waals surface area (Å²) in [4.78, 5) is 9.15. The van der Waals surface area contributed by atoms with Gasteiger partial charge in [0.05, 0.1) is 22.0 Å². The maximum Gasteiger partial charge on any atom is 0.304 e. The predicted octanol–water partition coefficient (Wildman–Crippen LogP) is 1.13. The number of aliphatic hydroxyl groups excluding tert-OH is 1. The lowest BCUT2D eigenvalue weighted by Gasteiger charge is -2.32. The van der Waals surface area contributed by atoms with Crippen LogP contribution < -0.4 is 0 Å². The van der Waals surface area contributed by atoms with Crippen molar-refractivity contribution in [3.63, 3.8) is 0 Å². The SMILES string of the molecule is CN(C(C)(C)CO)S(=O)(=O)c1ccc([N+](=O)[O-])c(F)c1. The number of nitro benzene ring substituents is 1. The average Bonchev–Trinajstić information content (AvgIpc) is 2.37. The Bertz CT molecular complexity index is 630. The fourth-order valence-electron chi connectivity index (χ4n) is 1.38. The van der Waals surface area contributed by atoms with Crippen molar-refractivity contribution < 1.29 is 22.8 Å². The van der Waals surface area contributed by atoms with Gasteiger partial charge < -0.3 is 5.11 Å². The highest BCUT2D eigenvalue weighted by atomic mass is 32.2. The van der Waals surface area contributed by atoms with Crippen LogP contribution in [0.1, 0.15) is 13.8 Å². The number of likely N-dealkylation sites (N-methyl/N-ethyl adjacent to an activating group) is 1. The summed E-state index contributed by atoms with van der Waals surface area (Å²) in [6.45, 7) is 2.55. The second-order valence-corrected chi connectivity index (χ2v) is 6.78. The van der Waals surface area contributed by atoms with Crippen LogP contribution in [0.2, 0.25) is 0 Å². The minimum atomic E-state index is -4.06. The molecule has 0 unspecified atom stereocenters. The Morgan fingerprint density at radius 3 is 2.40 bits per heavy atom. The first kappa shape index (κ1) is 16.5. The van der Waals surface area contributed by atoms with E-state index in [9.17, 15) is 28.0 Å². The first-order valence-electron chi connectivity index (χ1n) is 5.58. The molecular weight excluding hydrogens is 291 g/mol. The van der Waals surface area contributed by atoms with E-state index in [0.717, 1.165) is 16.4 Å². The molecule has 1 N–H and O–H groups in total. The topological polar surface area (TPSA) is 101 Å². The predicted molar refractivity (Wildman–Crippen MR) is 69.2 cm³/mol. The molecule has 20 heavy (non-hydrogen) atoms. The first-order chi connectivity index (χ1) is 9.04. The van der Waals surface area contributed by atoms with Crippen LogP contribution in [0, 0.1) is 15.9 Å². The molecule has 1 aromatic carbocycles. The molecule has 1 aromatic rings. The van der Waals surface area contributed by atoms with E-state index in [2.05, 4.69) is 0 Å². The van der Waals surface area contributed by atoms with E-state index in [1.165, 1.54) is 20.9 Å². The average molecular weight is 306 g/mol. The van der Waals surface area contributed by atoms with Gasteiger partial charge in [-0.25, -0.2) is 8.42 Å². The number of nitrogens with zero attached hydrogens (tertiary/aromatic N) is 2. The van der Waals surface area contributed by atoms with Gasteiger partial charge in [0.15, 0.2) is 0 Å². The molecule has 0 aliphatic rings. The molecule has 0 atom stereocenters. The van der Waals surface area contributed by atoms with E-state index in [-0.39, 0.29) is 0 Å². The molecule has 0 radical (unpaired) electrons. The zero-order valence-corrected chi connectivity index (χ0v) is 12.0. The third-order valence-corrected chi connectivity index (χ3v) is 5.08. The van der Waals surface area contributed by atoms with Gasteiger partial charge in [0.25, 0.3) is 0 Å². The largest absolute Gasteiger partial charge is 0.394 e. The third kappa shape index (κ3) is 2.94. The Morgan fingerprint density at radius 1 is 1.45 bits per heavy atom. The normalized spacial score (nSPS) is 12.7. The van der Waals surface area contributed by atoms with Crippen LogP contribution in [-0.2, 0) is 10.0 Å². The summed E-state index contributed by atoms with van der Waals surface area (Å²) in [6, 6.07) is 2.35. The second kappa shape index (κ2) is 5.43. The van der Waals surface area contributed by atoms with Gasteiger partial charge in [0, 0.05) is 19.2 Å². The number of sulfonamides is 1. The molecule has 0 aliphatic carbocycles. The van der Waals surface area contributed by atoms with Crippen molar-refractivity contribution in [1.29, 1.82) is 0 Å². The summed E-state index contributed by atoms with van der Waals surface area (Å²) in [5.74, 6) is -1.23. The highest BCUT2D eigenvalue weighted by Gasteiger charge is 2.34. The molecule has 0 aliphatic heterocycles. The Labute approximate surface area is 115 Å². The lowest BCUT2D eigenvalue weighted by atomic mass is 10.1. The zero-order valence-electron chi connectivity index (χ0n) is 11.2. The lowest BCUT2D eigenvalue weighted by Crippen LogP contribution is -2.47. The van der Waals surface area contributed by atoms with Crippen molar-refractivity contribution in [3.8, 4) is 0 Å². The summed E-state index contributed by atoms with van der Waals surface area (Å²) in [6.07, 6.45) is 0. The van der Waals surface area contributed by atoms with Gasteiger partial charge in [-0.05, 0) is 19.9 Å². The summed E-state index contributed by atoms with van der Waals surface area (Å²) < 4.78 is 38.9. The minimum absolute atomic E-state index is 0.412. The Balaban J connectivity index is 3.31. The standard InChI is InChI=1S/C11H15FN2O5S/c1-11(2,7-15)13(3)20(18,19)8-4-5-10(14(16)17)9(12)6-8/h4-6,15H,7H2,1-3H3. The Morgan fingerprint density at radius 2 is 2.00 bits per heavy atom. The number of aliphatic hydroxyl groups is 1. The van der Waals surface area contributed by atoms with Crippen LogP contribution in [-0.4, -0.2) is 41.9 Å². The molecular formula is C11H15FN2O5S. The number of rotatable bonds is 5. The van der Waals surface area contributed by atoms with Crippen LogP contribution in [0.4, 0.5) is 10.1 Å². The van der Waals surface area contributed by atoms with Gasteiger partial charge in [-0.1, -0.05) is 0 Å². The summed E-state index contributed by atoms with van der Waals surface area (Å²) in [7, 11) is -2.82. The number of nitro groups is 1.